The average molecular weight is 451 g/mol. The molecule has 0 aliphatic rings. The van der Waals surface area contributed by atoms with Gasteiger partial charge in [-0.05, 0) is 68.5 Å². The summed E-state index contributed by atoms with van der Waals surface area (Å²) in [6, 6.07) is 18.6. The van der Waals surface area contributed by atoms with E-state index in [9.17, 15) is 13.2 Å². The van der Waals surface area contributed by atoms with Gasteiger partial charge in [0.1, 0.15) is 0 Å². The fourth-order valence-corrected chi connectivity index (χ4v) is 5.55. The van der Waals surface area contributed by atoms with Crippen LogP contribution >= 0.6 is 0 Å². The molecule has 32 heavy (non-hydrogen) atoms. The summed E-state index contributed by atoms with van der Waals surface area (Å²) in [6.45, 7) is 9.33. The van der Waals surface area contributed by atoms with Gasteiger partial charge in [0.15, 0.2) is 0 Å². The van der Waals surface area contributed by atoms with Crippen LogP contribution in [0.5, 0.6) is 0 Å². The maximum atomic E-state index is 13.6. The first-order valence-electron chi connectivity index (χ1n) is 10.6. The second-order valence-electron chi connectivity index (χ2n) is 8.35. The van der Waals surface area contributed by atoms with Gasteiger partial charge >= 0.3 is 0 Å². The average Bonchev–Trinajstić information content (AvgIpc) is 2.72. The van der Waals surface area contributed by atoms with Gasteiger partial charge in [-0.1, -0.05) is 60.2 Å². The van der Waals surface area contributed by atoms with Gasteiger partial charge in [0.2, 0.25) is 15.9 Å². The smallest absolute Gasteiger partial charge is 0.244 e. The summed E-state index contributed by atoms with van der Waals surface area (Å²) in [4.78, 5) is 13.2. The van der Waals surface area contributed by atoms with Gasteiger partial charge in [-0.2, -0.15) is 4.31 Å². The van der Waals surface area contributed by atoms with Crippen LogP contribution in [0.15, 0.2) is 65.6 Å². The third-order valence-corrected chi connectivity index (χ3v) is 7.36. The Morgan fingerprint density at radius 1 is 0.812 bits per heavy atom. The van der Waals surface area contributed by atoms with Crippen LogP contribution in [0, 0.1) is 34.6 Å². The molecule has 0 saturated carbocycles. The molecule has 5 nitrogen and oxygen atoms in total. The van der Waals surface area contributed by atoms with Crippen molar-refractivity contribution in [1.29, 1.82) is 0 Å². The molecule has 0 aromatic heterocycles. The monoisotopic (exact) mass is 450 g/mol. The predicted molar refractivity (Wildman–Crippen MR) is 129 cm³/mol. The molecule has 0 atom stereocenters. The van der Waals surface area contributed by atoms with Crippen molar-refractivity contribution in [3.8, 4) is 0 Å². The summed E-state index contributed by atoms with van der Waals surface area (Å²) in [7, 11) is -3.89. The van der Waals surface area contributed by atoms with Gasteiger partial charge < -0.3 is 5.32 Å². The highest BCUT2D eigenvalue weighted by Gasteiger charge is 2.28. The highest BCUT2D eigenvalue weighted by atomic mass is 32.2. The Hall–Kier alpha value is -2.96. The molecule has 0 heterocycles. The van der Waals surface area contributed by atoms with E-state index in [0.29, 0.717) is 5.56 Å². The van der Waals surface area contributed by atoms with Crippen LogP contribution in [-0.4, -0.2) is 25.2 Å². The van der Waals surface area contributed by atoms with E-state index in [4.69, 9.17) is 0 Å². The first-order valence-corrected chi connectivity index (χ1v) is 12.0. The Labute approximate surface area is 191 Å². The highest BCUT2D eigenvalue weighted by molar-refractivity contribution is 7.89. The zero-order valence-electron chi connectivity index (χ0n) is 19.3. The number of nitrogens with zero attached hydrogens (tertiary/aromatic N) is 1. The maximum Gasteiger partial charge on any atom is 0.244 e. The first kappa shape index (κ1) is 23.7. The SMILES string of the molecule is Cc1cc(C)c(NC(=O)CN(Cc2ccccc2)S(=O)(=O)c2cc(C)ccc2C)c(C)c1. The number of nitrogens with one attached hydrogen (secondary N) is 1. The molecule has 0 fully saturated rings. The number of sulfonamides is 1. The molecule has 6 heteroatoms. The van der Waals surface area contributed by atoms with Gasteiger partial charge in [0, 0.05) is 12.2 Å². The number of hydrogen-bond donors (Lipinski definition) is 1. The maximum absolute atomic E-state index is 13.6. The number of carbonyl (C=O) groups is 1. The van der Waals surface area contributed by atoms with Crippen molar-refractivity contribution < 1.29 is 13.2 Å². The largest absolute Gasteiger partial charge is 0.324 e. The van der Waals surface area contributed by atoms with E-state index in [0.717, 1.165) is 33.5 Å². The zero-order valence-corrected chi connectivity index (χ0v) is 20.1. The van der Waals surface area contributed by atoms with Crippen molar-refractivity contribution in [3.05, 3.63) is 94.0 Å². The molecule has 1 N–H and O–H groups in total. The summed E-state index contributed by atoms with van der Waals surface area (Å²) in [6.07, 6.45) is 0. The Balaban J connectivity index is 1.95. The molecule has 168 valence electrons. The Morgan fingerprint density at radius 2 is 1.44 bits per heavy atom. The molecule has 3 aromatic rings. The molecule has 0 bridgehead atoms. The minimum atomic E-state index is -3.89. The summed E-state index contributed by atoms with van der Waals surface area (Å²) in [5.74, 6) is -0.370. The number of hydrogen-bond acceptors (Lipinski definition) is 3. The van der Waals surface area contributed by atoms with Crippen molar-refractivity contribution in [2.45, 2.75) is 46.1 Å². The standard InChI is InChI=1S/C26H30N2O3S/c1-18-11-12-20(3)24(15-18)32(30,31)28(16-23-9-7-6-8-10-23)17-25(29)27-26-21(4)13-19(2)14-22(26)5/h6-15H,16-17H2,1-5H3,(H,27,29). The second-order valence-corrected chi connectivity index (χ2v) is 10.3. The van der Waals surface area contributed by atoms with Gasteiger partial charge in [0.05, 0.1) is 11.4 Å². The van der Waals surface area contributed by atoms with Crippen LogP contribution in [0.3, 0.4) is 0 Å². The summed E-state index contributed by atoms with van der Waals surface area (Å²) in [5, 5.41) is 2.93. The van der Waals surface area contributed by atoms with Gasteiger partial charge in [-0.15, -0.1) is 0 Å². The van der Waals surface area contributed by atoms with E-state index in [-0.39, 0.29) is 23.9 Å². The molecular formula is C26H30N2O3S. The Morgan fingerprint density at radius 3 is 2.06 bits per heavy atom. The van der Waals surface area contributed by atoms with E-state index in [1.54, 1.807) is 19.1 Å². The van der Waals surface area contributed by atoms with Crippen molar-refractivity contribution >= 4 is 21.6 Å². The van der Waals surface area contributed by atoms with Gasteiger partial charge in [-0.25, -0.2) is 8.42 Å². The summed E-state index contributed by atoms with van der Waals surface area (Å²) >= 11 is 0. The normalized spacial score (nSPS) is 11.6. The molecule has 0 spiro atoms. The molecular weight excluding hydrogens is 420 g/mol. The lowest BCUT2D eigenvalue weighted by Gasteiger charge is -2.24. The molecule has 0 aliphatic carbocycles. The molecule has 0 aliphatic heterocycles. The van der Waals surface area contributed by atoms with Crippen LogP contribution in [0.1, 0.15) is 33.4 Å². The first-order chi connectivity index (χ1) is 15.1. The van der Waals surface area contributed by atoms with E-state index < -0.39 is 10.0 Å². The number of rotatable bonds is 7. The third kappa shape index (κ3) is 5.44. The predicted octanol–water partition coefficient (Wildman–Crippen LogP) is 5.06. The van der Waals surface area contributed by atoms with Crippen LogP contribution in [0.4, 0.5) is 5.69 Å². The van der Waals surface area contributed by atoms with Crippen LogP contribution in [-0.2, 0) is 21.4 Å². The minimum absolute atomic E-state index is 0.107. The summed E-state index contributed by atoms with van der Waals surface area (Å²) in [5.41, 5.74) is 6.05. The number of amides is 1. The second kappa shape index (κ2) is 9.67. The zero-order chi connectivity index (χ0) is 23.5. The van der Waals surface area contributed by atoms with E-state index in [2.05, 4.69) is 5.32 Å². The number of benzene rings is 3. The van der Waals surface area contributed by atoms with E-state index >= 15 is 0 Å². The molecule has 0 radical (unpaired) electrons. The van der Waals surface area contributed by atoms with E-state index in [1.165, 1.54) is 4.31 Å². The van der Waals surface area contributed by atoms with Crippen LogP contribution in [0.2, 0.25) is 0 Å². The third-order valence-electron chi connectivity index (χ3n) is 5.42. The fourth-order valence-electron chi connectivity index (χ4n) is 3.85. The Kier molecular flexibility index (Phi) is 7.16. The topological polar surface area (TPSA) is 66.5 Å². The van der Waals surface area contributed by atoms with E-state index in [1.807, 2.05) is 76.2 Å². The lowest BCUT2D eigenvalue weighted by atomic mass is 10.1. The summed E-state index contributed by atoms with van der Waals surface area (Å²) < 4.78 is 28.5. The van der Waals surface area contributed by atoms with Gasteiger partial charge in [-0.3, -0.25) is 4.79 Å². The van der Waals surface area contributed by atoms with Crippen molar-refractivity contribution in [3.63, 3.8) is 0 Å². The quantitative estimate of drug-likeness (QED) is 0.547. The molecule has 3 rings (SSSR count). The molecule has 3 aromatic carbocycles. The van der Waals surface area contributed by atoms with Gasteiger partial charge in [0.25, 0.3) is 0 Å². The molecule has 1 amide bonds. The van der Waals surface area contributed by atoms with Crippen molar-refractivity contribution in [2.24, 2.45) is 0 Å². The Bertz CT molecular complexity index is 1210. The molecule has 0 unspecified atom stereocenters. The number of carbonyl (C=O) groups excluding carboxylic acids is 1. The lowest BCUT2D eigenvalue weighted by molar-refractivity contribution is -0.116. The number of anilines is 1. The number of aryl methyl sites for hydroxylation is 5. The van der Waals surface area contributed by atoms with Crippen LogP contribution < -0.4 is 5.32 Å². The highest BCUT2D eigenvalue weighted by Crippen LogP contribution is 2.25. The fraction of sp³-hybridized carbons (Fsp3) is 0.269. The van der Waals surface area contributed by atoms with Crippen molar-refractivity contribution in [2.75, 3.05) is 11.9 Å². The van der Waals surface area contributed by atoms with Crippen LogP contribution in [0.25, 0.3) is 0 Å². The lowest BCUT2D eigenvalue weighted by Crippen LogP contribution is -2.38. The van der Waals surface area contributed by atoms with Crippen molar-refractivity contribution in [1.82, 2.24) is 4.31 Å². The minimum Gasteiger partial charge on any atom is -0.324 e. The molecule has 0 saturated heterocycles.